The standard InChI is InChI=1S/C11H9N5OS/c17-10-8-6-12-3-2-7(8)9-13-14-11-16(9)15(10)4-1-5-18-11/h2-3,6H,1,4-5H2. The molecule has 0 saturated heterocycles. The Morgan fingerprint density at radius 2 is 2.22 bits per heavy atom. The SMILES string of the molecule is O=c1c2cnccc2c2nnc3n2n1CCCS3. The van der Waals surface area contributed by atoms with Crippen molar-refractivity contribution in [2.24, 2.45) is 0 Å². The van der Waals surface area contributed by atoms with Gasteiger partial charge in [-0.15, -0.1) is 10.2 Å². The molecule has 0 N–H and O–H groups in total. The van der Waals surface area contributed by atoms with Gasteiger partial charge in [0, 0.05) is 30.1 Å². The van der Waals surface area contributed by atoms with Crippen LogP contribution in [0, 0.1) is 0 Å². The summed E-state index contributed by atoms with van der Waals surface area (Å²) < 4.78 is 3.55. The fraction of sp³-hybridized carbons (Fsp3) is 0.273. The van der Waals surface area contributed by atoms with Crippen LogP contribution in [0.25, 0.3) is 16.4 Å². The van der Waals surface area contributed by atoms with Crippen molar-refractivity contribution < 1.29 is 0 Å². The molecular formula is C11H9N5OS. The van der Waals surface area contributed by atoms with E-state index in [9.17, 15) is 4.79 Å². The van der Waals surface area contributed by atoms with Gasteiger partial charge in [0.05, 0.1) is 5.39 Å². The summed E-state index contributed by atoms with van der Waals surface area (Å²) in [4.78, 5) is 16.5. The van der Waals surface area contributed by atoms with Crippen LogP contribution in [0.2, 0.25) is 0 Å². The Morgan fingerprint density at radius 1 is 1.28 bits per heavy atom. The molecule has 3 aromatic rings. The number of hydrogen-bond acceptors (Lipinski definition) is 5. The van der Waals surface area contributed by atoms with Gasteiger partial charge in [-0.1, -0.05) is 11.8 Å². The van der Waals surface area contributed by atoms with Gasteiger partial charge < -0.3 is 0 Å². The number of rotatable bonds is 0. The lowest BCUT2D eigenvalue weighted by atomic mass is 10.2. The van der Waals surface area contributed by atoms with Crippen LogP contribution in [0.5, 0.6) is 0 Å². The quantitative estimate of drug-likeness (QED) is 0.601. The predicted octanol–water partition coefficient (Wildman–Crippen LogP) is 0.935. The second kappa shape index (κ2) is 3.55. The average molecular weight is 259 g/mol. The highest BCUT2D eigenvalue weighted by molar-refractivity contribution is 7.99. The number of fused-ring (bicyclic) bond motifs is 2. The van der Waals surface area contributed by atoms with E-state index >= 15 is 0 Å². The number of aryl methyl sites for hydroxylation is 1. The molecule has 0 amide bonds. The topological polar surface area (TPSA) is 65.1 Å². The van der Waals surface area contributed by atoms with Gasteiger partial charge >= 0.3 is 0 Å². The minimum Gasteiger partial charge on any atom is -0.267 e. The fourth-order valence-electron chi connectivity index (χ4n) is 2.31. The fourth-order valence-corrected chi connectivity index (χ4v) is 3.17. The number of hydrogen-bond donors (Lipinski definition) is 0. The maximum Gasteiger partial charge on any atom is 0.275 e. The molecule has 0 radical (unpaired) electrons. The van der Waals surface area contributed by atoms with Gasteiger partial charge in [-0.3, -0.25) is 9.78 Å². The smallest absolute Gasteiger partial charge is 0.267 e. The van der Waals surface area contributed by atoms with Crippen LogP contribution < -0.4 is 5.56 Å². The van der Waals surface area contributed by atoms with Gasteiger partial charge in [0.1, 0.15) is 0 Å². The average Bonchev–Trinajstić information content (AvgIpc) is 2.70. The first-order chi connectivity index (χ1) is 8.86. The highest BCUT2D eigenvalue weighted by Gasteiger charge is 2.18. The molecule has 0 atom stereocenters. The van der Waals surface area contributed by atoms with Crippen LogP contribution >= 0.6 is 11.8 Å². The minimum absolute atomic E-state index is 0.0193. The van der Waals surface area contributed by atoms with Gasteiger partial charge in [0.25, 0.3) is 5.56 Å². The van der Waals surface area contributed by atoms with E-state index in [4.69, 9.17) is 0 Å². The monoisotopic (exact) mass is 259 g/mol. The van der Waals surface area contributed by atoms with Crippen molar-refractivity contribution in [1.82, 2.24) is 24.4 Å². The van der Waals surface area contributed by atoms with E-state index < -0.39 is 0 Å². The minimum atomic E-state index is -0.0193. The highest BCUT2D eigenvalue weighted by Crippen LogP contribution is 2.23. The van der Waals surface area contributed by atoms with Crippen molar-refractivity contribution >= 4 is 28.2 Å². The summed E-state index contributed by atoms with van der Waals surface area (Å²) in [5.74, 6) is 0.955. The van der Waals surface area contributed by atoms with E-state index in [2.05, 4.69) is 15.2 Å². The van der Waals surface area contributed by atoms with Crippen molar-refractivity contribution in [3.63, 3.8) is 0 Å². The van der Waals surface area contributed by atoms with Crippen molar-refractivity contribution in [2.45, 2.75) is 18.1 Å². The van der Waals surface area contributed by atoms with Gasteiger partial charge in [-0.05, 0) is 12.5 Å². The Morgan fingerprint density at radius 3 is 3.17 bits per heavy atom. The van der Waals surface area contributed by atoms with E-state index in [0.717, 1.165) is 28.4 Å². The van der Waals surface area contributed by atoms with Gasteiger partial charge in [0.15, 0.2) is 5.65 Å². The highest BCUT2D eigenvalue weighted by atomic mass is 32.2. The van der Waals surface area contributed by atoms with Crippen molar-refractivity contribution in [3.05, 3.63) is 28.8 Å². The predicted molar refractivity (Wildman–Crippen MR) is 67.9 cm³/mol. The molecule has 0 unspecified atom stereocenters. The zero-order valence-corrected chi connectivity index (χ0v) is 10.2. The summed E-state index contributed by atoms with van der Waals surface area (Å²) in [6, 6.07) is 1.82. The largest absolute Gasteiger partial charge is 0.275 e. The van der Waals surface area contributed by atoms with Crippen molar-refractivity contribution in [3.8, 4) is 0 Å². The third-order valence-corrected chi connectivity index (χ3v) is 4.13. The third-order valence-electron chi connectivity index (χ3n) is 3.13. The summed E-state index contributed by atoms with van der Waals surface area (Å²) in [5.41, 5.74) is 0.713. The molecule has 4 rings (SSSR count). The maximum absolute atomic E-state index is 12.4. The molecule has 0 saturated carbocycles. The first kappa shape index (κ1) is 10.1. The van der Waals surface area contributed by atoms with E-state index in [-0.39, 0.29) is 5.56 Å². The summed E-state index contributed by atoms with van der Waals surface area (Å²) in [7, 11) is 0. The first-order valence-corrected chi connectivity index (χ1v) is 6.69. The lowest BCUT2D eigenvalue weighted by Crippen LogP contribution is -2.26. The Kier molecular flexibility index (Phi) is 1.99. The van der Waals surface area contributed by atoms with Gasteiger partial charge in [-0.2, -0.15) is 0 Å². The third kappa shape index (κ3) is 1.19. The molecule has 90 valence electrons. The lowest BCUT2D eigenvalue weighted by Gasteiger charge is -2.08. The van der Waals surface area contributed by atoms with E-state index in [0.29, 0.717) is 11.9 Å². The molecule has 7 heteroatoms. The molecule has 18 heavy (non-hydrogen) atoms. The number of aromatic nitrogens is 5. The summed E-state index contributed by atoms with van der Waals surface area (Å²) in [6.07, 6.45) is 4.23. The van der Waals surface area contributed by atoms with Crippen molar-refractivity contribution in [2.75, 3.05) is 5.75 Å². The molecule has 0 bridgehead atoms. The second-order valence-corrected chi connectivity index (χ2v) is 5.23. The Hall–Kier alpha value is -1.89. The van der Waals surface area contributed by atoms with Gasteiger partial charge in [0.2, 0.25) is 5.16 Å². The van der Waals surface area contributed by atoms with E-state index in [1.165, 1.54) is 0 Å². The molecule has 1 aliphatic heterocycles. The Labute approximate surface area is 106 Å². The second-order valence-electron chi connectivity index (χ2n) is 4.17. The lowest BCUT2D eigenvalue weighted by molar-refractivity contribution is 0.528. The Bertz CT molecular complexity index is 821. The van der Waals surface area contributed by atoms with Crippen LogP contribution in [-0.2, 0) is 6.54 Å². The normalized spacial score (nSPS) is 15.1. The van der Waals surface area contributed by atoms with E-state index in [1.807, 2.05) is 10.6 Å². The molecule has 4 heterocycles. The van der Waals surface area contributed by atoms with Gasteiger partial charge in [-0.25, -0.2) is 9.20 Å². The van der Waals surface area contributed by atoms with Crippen LogP contribution in [0.1, 0.15) is 6.42 Å². The van der Waals surface area contributed by atoms with E-state index in [1.54, 1.807) is 28.8 Å². The number of thioether (sulfide) groups is 1. The van der Waals surface area contributed by atoms with Crippen LogP contribution in [0.4, 0.5) is 0 Å². The molecule has 1 aliphatic rings. The molecule has 3 aromatic heterocycles. The molecule has 0 fully saturated rings. The van der Waals surface area contributed by atoms with Crippen LogP contribution in [0.15, 0.2) is 28.4 Å². The van der Waals surface area contributed by atoms with Crippen LogP contribution in [-0.4, -0.2) is 30.1 Å². The van der Waals surface area contributed by atoms with Crippen LogP contribution in [0.3, 0.4) is 0 Å². The molecule has 6 nitrogen and oxygen atoms in total. The maximum atomic E-state index is 12.4. The molecule has 0 aliphatic carbocycles. The van der Waals surface area contributed by atoms with Crippen molar-refractivity contribution in [1.29, 1.82) is 0 Å². The molecule has 0 spiro atoms. The number of pyridine rings is 1. The Balaban J connectivity index is 2.32. The summed E-state index contributed by atoms with van der Waals surface area (Å²) in [6.45, 7) is 0.693. The first-order valence-electron chi connectivity index (χ1n) is 5.71. The zero-order valence-electron chi connectivity index (χ0n) is 9.41. The molecular weight excluding hydrogens is 250 g/mol. The molecule has 0 aromatic carbocycles. The summed E-state index contributed by atoms with van der Waals surface area (Å²) in [5, 5.41) is 10.6. The number of nitrogens with zero attached hydrogens (tertiary/aromatic N) is 5. The summed E-state index contributed by atoms with van der Waals surface area (Å²) >= 11 is 1.64. The zero-order chi connectivity index (χ0) is 12.1.